The first kappa shape index (κ1) is 14.9. The molecule has 1 aromatic carbocycles. The zero-order chi connectivity index (χ0) is 15.9. The zero-order valence-electron chi connectivity index (χ0n) is 11.3. The molecule has 1 aromatic heterocycles. The van der Waals surface area contributed by atoms with Crippen molar-refractivity contribution in [1.82, 2.24) is 14.2 Å². The predicted molar refractivity (Wildman–Crippen MR) is 72.6 cm³/mol. The van der Waals surface area contributed by atoms with Crippen LogP contribution in [-0.4, -0.2) is 26.7 Å². The molecule has 0 spiro atoms. The van der Waals surface area contributed by atoms with Crippen LogP contribution in [0.1, 0.15) is 23.5 Å². The van der Waals surface area contributed by atoms with E-state index in [1.807, 2.05) is 0 Å². The van der Waals surface area contributed by atoms with Crippen molar-refractivity contribution in [3.63, 3.8) is 0 Å². The van der Waals surface area contributed by atoms with Gasteiger partial charge >= 0.3 is 0 Å². The van der Waals surface area contributed by atoms with Crippen molar-refractivity contribution in [2.24, 2.45) is 0 Å². The van der Waals surface area contributed by atoms with Crippen LogP contribution >= 0.6 is 11.8 Å². The minimum Gasteiger partial charge on any atom is -0.338 e. The molecule has 1 aliphatic heterocycles. The topological polar surface area (TPSA) is 38.1 Å². The van der Waals surface area contributed by atoms with E-state index in [1.165, 1.54) is 11.1 Å². The van der Waals surface area contributed by atoms with Gasteiger partial charge in [-0.2, -0.15) is 9.30 Å². The summed E-state index contributed by atoms with van der Waals surface area (Å²) in [6.07, 6.45) is 3.06. The normalized spacial score (nSPS) is 18.3. The Morgan fingerprint density at radius 2 is 2.09 bits per heavy atom. The van der Waals surface area contributed by atoms with E-state index in [1.54, 1.807) is 6.20 Å². The van der Waals surface area contributed by atoms with Crippen LogP contribution in [0.5, 0.6) is 0 Å². The van der Waals surface area contributed by atoms with E-state index in [-0.39, 0.29) is 31.0 Å². The number of hydrogen-bond acceptors (Lipinski definition) is 2. The monoisotopic (exact) mass is 329 g/mol. The average molecular weight is 330 g/mol. The number of carbonyl (C=O) groups is 1. The van der Waals surface area contributed by atoms with Gasteiger partial charge in [0.1, 0.15) is 5.82 Å². The summed E-state index contributed by atoms with van der Waals surface area (Å²) in [5.74, 6) is -4.00. The number of aromatic nitrogens is 2. The summed E-state index contributed by atoms with van der Waals surface area (Å²) in [4.78, 5) is 13.5. The summed E-state index contributed by atoms with van der Waals surface area (Å²) in [6.45, 7) is 0.452. The molecule has 4 nitrogen and oxygen atoms in total. The first-order chi connectivity index (χ1) is 10.4. The molecule has 2 aromatic rings. The van der Waals surface area contributed by atoms with Gasteiger partial charge < -0.3 is 4.90 Å². The van der Waals surface area contributed by atoms with Gasteiger partial charge in [0.2, 0.25) is 5.91 Å². The molecular formula is C14H11ClF3N3O. The summed E-state index contributed by atoms with van der Waals surface area (Å²) in [5.41, 5.74) is 0.608. The van der Waals surface area contributed by atoms with Gasteiger partial charge in [0.05, 0.1) is 6.20 Å². The van der Waals surface area contributed by atoms with E-state index in [0.29, 0.717) is 6.07 Å². The molecule has 1 fully saturated rings. The SMILES string of the molecule is O=C1CC(c2cc(F)cc(F)c2F)CN1Cc1cnn(Cl)c1. The minimum atomic E-state index is -1.25. The number of rotatable bonds is 3. The first-order valence-electron chi connectivity index (χ1n) is 6.56. The van der Waals surface area contributed by atoms with Gasteiger partial charge in [0.25, 0.3) is 0 Å². The Kier molecular flexibility index (Phi) is 3.82. The largest absolute Gasteiger partial charge is 0.338 e. The Hall–Kier alpha value is -2.02. The van der Waals surface area contributed by atoms with Crippen molar-refractivity contribution < 1.29 is 18.0 Å². The van der Waals surface area contributed by atoms with Crippen LogP contribution in [0.2, 0.25) is 0 Å². The summed E-state index contributed by atoms with van der Waals surface area (Å²) < 4.78 is 41.5. The van der Waals surface area contributed by atoms with E-state index < -0.39 is 23.4 Å². The third kappa shape index (κ3) is 2.81. The van der Waals surface area contributed by atoms with Crippen LogP contribution in [0.4, 0.5) is 13.2 Å². The van der Waals surface area contributed by atoms with E-state index in [4.69, 9.17) is 11.8 Å². The molecule has 1 amide bonds. The number of hydrogen-bond donors (Lipinski definition) is 0. The highest BCUT2D eigenvalue weighted by Crippen LogP contribution is 2.32. The maximum atomic E-state index is 13.8. The van der Waals surface area contributed by atoms with Crippen molar-refractivity contribution in [2.45, 2.75) is 18.9 Å². The summed E-state index contributed by atoms with van der Waals surface area (Å²) in [5, 5.41) is 3.78. The second-order valence-corrected chi connectivity index (χ2v) is 5.55. The Morgan fingerprint density at radius 3 is 2.77 bits per heavy atom. The maximum absolute atomic E-state index is 13.8. The van der Waals surface area contributed by atoms with Crippen LogP contribution in [0, 0.1) is 17.5 Å². The summed E-state index contributed by atoms with van der Waals surface area (Å²) >= 11 is 5.63. The number of nitrogens with zero attached hydrogens (tertiary/aromatic N) is 3. The average Bonchev–Trinajstić information content (AvgIpc) is 3.01. The molecule has 0 aliphatic carbocycles. The van der Waals surface area contributed by atoms with Crippen molar-refractivity contribution in [1.29, 1.82) is 0 Å². The molecule has 0 N–H and O–H groups in total. The van der Waals surface area contributed by atoms with Gasteiger partial charge in [-0.05, 0) is 11.6 Å². The highest BCUT2D eigenvalue weighted by molar-refractivity contribution is 6.14. The second-order valence-electron chi connectivity index (χ2n) is 5.20. The molecular weight excluding hydrogens is 319 g/mol. The highest BCUT2D eigenvalue weighted by Gasteiger charge is 2.33. The van der Waals surface area contributed by atoms with Gasteiger partial charge in [0, 0.05) is 55.0 Å². The summed E-state index contributed by atoms with van der Waals surface area (Å²) in [7, 11) is 0. The Labute approximate surface area is 129 Å². The van der Waals surface area contributed by atoms with E-state index in [0.717, 1.165) is 15.8 Å². The minimum absolute atomic E-state index is 0.00876. The smallest absolute Gasteiger partial charge is 0.223 e. The highest BCUT2D eigenvalue weighted by atomic mass is 35.5. The molecule has 3 rings (SSSR count). The molecule has 22 heavy (non-hydrogen) atoms. The van der Waals surface area contributed by atoms with Crippen molar-refractivity contribution in [2.75, 3.05) is 6.54 Å². The van der Waals surface area contributed by atoms with Crippen LogP contribution in [0.15, 0.2) is 24.5 Å². The lowest BCUT2D eigenvalue weighted by Crippen LogP contribution is -2.24. The molecule has 2 heterocycles. The van der Waals surface area contributed by atoms with Crippen molar-refractivity contribution in [3.05, 3.63) is 53.1 Å². The van der Waals surface area contributed by atoms with Gasteiger partial charge in [-0.1, -0.05) is 0 Å². The molecule has 1 unspecified atom stereocenters. The molecule has 1 saturated heterocycles. The molecule has 1 atom stereocenters. The van der Waals surface area contributed by atoms with Crippen molar-refractivity contribution >= 4 is 17.7 Å². The van der Waals surface area contributed by atoms with Crippen molar-refractivity contribution in [3.8, 4) is 0 Å². The van der Waals surface area contributed by atoms with E-state index in [2.05, 4.69) is 5.10 Å². The third-order valence-corrected chi connectivity index (χ3v) is 3.84. The van der Waals surface area contributed by atoms with Crippen LogP contribution < -0.4 is 0 Å². The van der Waals surface area contributed by atoms with Gasteiger partial charge in [-0.15, -0.1) is 0 Å². The van der Waals surface area contributed by atoms with Crippen LogP contribution in [0.3, 0.4) is 0 Å². The predicted octanol–water partition coefficient (Wildman–Crippen LogP) is 2.82. The molecule has 0 saturated carbocycles. The fourth-order valence-electron chi connectivity index (χ4n) is 2.64. The van der Waals surface area contributed by atoms with E-state index in [9.17, 15) is 18.0 Å². The molecule has 8 heteroatoms. The molecule has 1 aliphatic rings. The number of likely N-dealkylation sites (tertiary alicyclic amines) is 1. The molecule has 116 valence electrons. The lowest BCUT2D eigenvalue weighted by atomic mass is 9.97. The van der Waals surface area contributed by atoms with Gasteiger partial charge in [0.15, 0.2) is 11.6 Å². The standard InChI is InChI=1S/C14H11ClF3N3O/c15-21-6-8(4-19-21)5-20-7-9(1-13(20)22)11-2-10(16)3-12(17)14(11)18/h2-4,6,9H,1,5,7H2. The quantitative estimate of drug-likeness (QED) is 0.812. The second kappa shape index (κ2) is 5.64. The molecule has 0 bridgehead atoms. The van der Waals surface area contributed by atoms with Gasteiger partial charge in [-0.3, -0.25) is 4.79 Å². The lowest BCUT2D eigenvalue weighted by Gasteiger charge is -2.16. The lowest BCUT2D eigenvalue weighted by molar-refractivity contribution is -0.128. The Morgan fingerprint density at radius 1 is 1.32 bits per heavy atom. The third-order valence-electron chi connectivity index (χ3n) is 3.66. The number of benzene rings is 1. The number of amides is 1. The summed E-state index contributed by atoms with van der Waals surface area (Å²) in [6, 6.07) is 1.43. The van der Waals surface area contributed by atoms with Gasteiger partial charge in [-0.25, -0.2) is 13.2 Å². The Balaban J connectivity index is 1.80. The fraction of sp³-hybridized carbons (Fsp3) is 0.286. The Bertz CT molecular complexity index is 734. The maximum Gasteiger partial charge on any atom is 0.223 e. The molecule has 0 radical (unpaired) electrons. The number of halogens is 4. The zero-order valence-corrected chi connectivity index (χ0v) is 12.0. The van der Waals surface area contributed by atoms with Crippen LogP contribution in [0.25, 0.3) is 0 Å². The van der Waals surface area contributed by atoms with E-state index >= 15 is 0 Å². The number of carbonyl (C=O) groups excluding carboxylic acids is 1. The first-order valence-corrected chi connectivity index (χ1v) is 6.89. The fourth-order valence-corrected chi connectivity index (χ4v) is 2.81. The van der Waals surface area contributed by atoms with Crippen LogP contribution in [-0.2, 0) is 11.3 Å².